The van der Waals surface area contributed by atoms with Gasteiger partial charge in [-0.05, 0) is 32.9 Å². The fourth-order valence-corrected chi connectivity index (χ4v) is 3.40. The summed E-state index contributed by atoms with van der Waals surface area (Å²) >= 11 is 0. The summed E-state index contributed by atoms with van der Waals surface area (Å²) in [6, 6.07) is 5.40. The van der Waals surface area contributed by atoms with E-state index in [0.29, 0.717) is 36.9 Å². The van der Waals surface area contributed by atoms with Crippen LogP contribution in [0.25, 0.3) is 0 Å². The molecule has 1 aromatic carbocycles. The van der Waals surface area contributed by atoms with E-state index in [1.165, 1.54) is 0 Å². The van der Waals surface area contributed by atoms with Crippen LogP contribution in [0.15, 0.2) is 18.2 Å². The second kappa shape index (κ2) is 9.25. The number of carbonyl (C=O) groups excluding carboxylic acids is 2. The lowest BCUT2D eigenvalue weighted by atomic mass is 10.2. The van der Waals surface area contributed by atoms with E-state index in [4.69, 9.17) is 9.47 Å². The van der Waals surface area contributed by atoms with Crippen molar-refractivity contribution < 1.29 is 19.1 Å². The predicted molar refractivity (Wildman–Crippen MR) is 107 cm³/mol. The van der Waals surface area contributed by atoms with Gasteiger partial charge in [0.25, 0.3) is 0 Å². The first kappa shape index (κ1) is 20.4. The first-order valence-corrected chi connectivity index (χ1v) is 9.88. The van der Waals surface area contributed by atoms with Gasteiger partial charge in [0.1, 0.15) is 13.2 Å². The molecule has 0 radical (unpaired) electrons. The standard InChI is InChI=1S/C20H30N4O4/c1-14(2)21-20(26)15(3)24-8-6-23(7-9-24)13-19(25)22-16-4-5-17-18(12-16)28-11-10-27-17/h4-5,12,14-15H,6-11,13H2,1-3H3,(H,21,26)(H,22,25). The molecule has 1 saturated heterocycles. The van der Waals surface area contributed by atoms with E-state index >= 15 is 0 Å². The average Bonchev–Trinajstić information content (AvgIpc) is 2.67. The van der Waals surface area contributed by atoms with Crippen LogP contribution in [0, 0.1) is 0 Å². The summed E-state index contributed by atoms with van der Waals surface area (Å²) in [5.41, 5.74) is 0.701. The molecule has 1 atom stereocenters. The summed E-state index contributed by atoms with van der Waals surface area (Å²) in [5.74, 6) is 1.36. The first-order valence-electron chi connectivity index (χ1n) is 9.88. The van der Waals surface area contributed by atoms with Crippen molar-refractivity contribution >= 4 is 17.5 Å². The molecule has 0 aromatic heterocycles. The first-order chi connectivity index (χ1) is 13.4. The number of amides is 2. The minimum atomic E-state index is -0.156. The number of nitrogens with one attached hydrogen (secondary N) is 2. The molecule has 2 amide bonds. The Morgan fingerprint density at radius 1 is 1.04 bits per heavy atom. The highest BCUT2D eigenvalue weighted by Crippen LogP contribution is 2.32. The number of ether oxygens (including phenoxy) is 2. The lowest BCUT2D eigenvalue weighted by molar-refractivity contribution is -0.127. The minimum absolute atomic E-state index is 0.0554. The number of benzene rings is 1. The largest absolute Gasteiger partial charge is 0.486 e. The molecule has 2 aliphatic rings. The van der Waals surface area contributed by atoms with Gasteiger partial charge in [-0.3, -0.25) is 19.4 Å². The molecule has 1 fully saturated rings. The molecule has 154 valence electrons. The van der Waals surface area contributed by atoms with E-state index in [1.54, 1.807) is 6.07 Å². The molecule has 2 heterocycles. The summed E-state index contributed by atoms with van der Waals surface area (Å²) in [7, 11) is 0. The van der Waals surface area contributed by atoms with Crippen LogP contribution in [0.5, 0.6) is 11.5 Å². The maximum atomic E-state index is 12.4. The number of hydrogen-bond donors (Lipinski definition) is 2. The van der Waals surface area contributed by atoms with E-state index in [1.807, 2.05) is 32.9 Å². The monoisotopic (exact) mass is 390 g/mol. The maximum Gasteiger partial charge on any atom is 0.238 e. The van der Waals surface area contributed by atoms with Crippen molar-refractivity contribution in [2.45, 2.75) is 32.9 Å². The van der Waals surface area contributed by atoms with Crippen LogP contribution < -0.4 is 20.1 Å². The summed E-state index contributed by atoms with van der Waals surface area (Å²) < 4.78 is 11.0. The molecule has 0 bridgehead atoms. The molecule has 0 saturated carbocycles. The zero-order valence-corrected chi connectivity index (χ0v) is 16.9. The van der Waals surface area contributed by atoms with Crippen molar-refractivity contribution in [2.75, 3.05) is 51.3 Å². The van der Waals surface area contributed by atoms with Crippen molar-refractivity contribution in [3.63, 3.8) is 0 Å². The van der Waals surface area contributed by atoms with Crippen LogP contribution in [0.2, 0.25) is 0 Å². The summed E-state index contributed by atoms with van der Waals surface area (Å²) in [4.78, 5) is 28.8. The fourth-order valence-electron chi connectivity index (χ4n) is 3.40. The topological polar surface area (TPSA) is 83.1 Å². The molecule has 28 heavy (non-hydrogen) atoms. The number of fused-ring (bicyclic) bond motifs is 1. The van der Waals surface area contributed by atoms with Gasteiger partial charge in [0, 0.05) is 44.0 Å². The molecular formula is C20H30N4O4. The number of hydrogen-bond acceptors (Lipinski definition) is 6. The Kier molecular flexibility index (Phi) is 6.74. The van der Waals surface area contributed by atoms with Crippen LogP contribution in [-0.4, -0.2) is 79.6 Å². The van der Waals surface area contributed by atoms with E-state index in [2.05, 4.69) is 20.4 Å². The Morgan fingerprint density at radius 3 is 2.39 bits per heavy atom. The highest BCUT2D eigenvalue weighted by atomic mass is 16.6. The normalized spacial score (nSPS) is 18.6. The molecule has 0 aliphatic carbocycles. The zero-order chi connectivity index (χ0) is 20.1. The second-order valence-corrected chi connectivity index (χ2v) is 7.56. The van der Waals surface area contributed by atoms with Crippen LogP contribution in [0.4, 0.5) is 5.69 Å². The van der Waals surface area contributed by atoms with Crippen LogP contribution in [0.3, 0.4) is 0 Å². The highest BCUT2D eigenvalue weighted by Gasteiger charge is 2.26. The van der Waals surface area contributed by atoms with Gasteiger partial charge in [-0.15, -0.1) is 0 Å². The fraction of sp³-hybridized carbons (Fsp3) is 0.600. The number of nitrogens with zero attached hydrogens (tertiary/aromatic N) is 2. The van der Waals surface area contributed by atoms with E-state index < -0.39 is 0 Å². The number of piperazine rings is 1. The van der Waals surface area contributed by atoms with Crippen LogP contribution in [0.1, 0.15) is 20.8 Å². The maximum absolute atomic E-state index is 12.4. The Morgan fingerprint density at radius 2 is 1.71 bits per heavy atom. The minimum Gasteiger partial charge on any atom is -0.486 e. The quantitative estimate of drug-likeness (QED) is 0.752. The smallest absolute Gasteiger partial charge is 0.238 e. The molecule has 8 heteroatoms. The molecular weight excluding hydrogens is 360 g/mol. The molecule has 3 rings (SSSR count). The van der Waals surface area contributed by atoms with Gasteiger partial charge in [-0.25, -0.2) is 0 Å². The molecule has 2 N–H and O–H groups in total. The number of rotatable bonds is 6. The lowest BCUT2D eigenvalue weighted by Crippen LogP contribution is -2.55. The lowest BCUT2D eigenvalue weighted by Gasteiger charge is -2.37. The molecule has 8 nitrogen and oxygen atoms in total. The van der Waals surface area contributed by atoms with E-state index in [9.17, 15) is 9.59 Å². The van der Waals surface area contributed by atoms with Gasteiger partial charge < -0.3 is 20.1 Å². The van der Waals surface area contributed by atoms with Gasteiger partial charge in [-0.2, -0.15) is 0 Å². The SMILES string of the molecule is CC(C)NC(=O)C(C)N1CCN(CC(=O)Nc2ccc3c(c2)OCCO3)CC1. The van der Waals surface area contributed by atoms with Crippen molar-refractivity contribution in [3.8, 4) is 11.5 Å². The third kappa shape index (κ3) is 5.36. The van der Waals surface area contributed by atoms with Crippen molar-refractivity contribution in [2.24, 2.45) is 0 Å². The van der Waals surface area contributed by atoms with Gasteiger partial charge in [0.2, 0.25) is 11.8 Å². The van der Waals surface area contributed by atoms with Gasteiger partial charge >= 0.3 is 0 Å². The molecule has 0 spiro atoms. The molecule has 1 unspecified atom stereocenters. The van der Waals surface area contributed by atoms with Crippen molar-refractivity contribution in [1.82, 2.24) is 15.1 Å². The predicted octanol–water partition coefficient (Wildman–Crippen LogP) is 0.927. The van der Waals surface area contributed by atoms with Gasteiger partial charge in [-0.1, -0.05) is 0 Å². The average molecular weight is 390 g/mol. The third-order valence-corrected chi connectivity index (χ3v) is 4.96. The summed E-state index contributed by atoms with van der Waals surface area (Å²) in [6.45, 7) is 10.3. The van der Waals surface area contributed by atoms with Crippen molar-refractivity contribution in [3.05, 3.63) is 18.2 Å². The molecule has 1 aromatic rings. The van der Waals surface area contributed by atoms with Crippen molar-refractivity contribution in [1.29, 1.82) is 0 Å². The summed E-state index contributed by atoms with van der Waals surface area (Å²) in [6.07, 6.45) is 0. The molecule has 2 aliphatic heterocycles. The van der Waals surface area contributed by atoms with Gasteiger partial charge in [0.05, 0.1) is 12.6 Å². The zero-order valence-electron chi connectivity index (χ0n) is 16.9. The van der Waals surface area contributed by atoms with Crippen LogP contribution in [-0.2, 0) is 9.59 Å². The Labute approximate surface area is 166 Å². The van der Waals surface area contributed by atoms with E-state index in [-0.39, 0.29) is 23.9 Å². The third-order valence-electron chi connectivity index (χ3n) is 4.96. The van der Waals surface area contributed by atoms with Gasteiger partial charge in [0.15, 0.2) is 11.5 Å². The Hall–Kier alpha value is -2.32. The Bertz CT molecular complexity index is 701. The summed E-state index contributed by atoms with van der Waals surface area (Å²) in [5, 5.41) is 5.87. The van der Waals surface area contributed by atoms with E-state index in [0.717, 1.165) is 26.2 Å². The Balaban J connectivity index is 1.44. The number of carbonyl (C=O) groups is 2. The second-order valence-electron chi connectivity index (χ2n) is 7.56. The highest BCUT2D eigenvalue weighted by molar-refractivity contribution is 5.92. The van der Waals surface area contributed by atoms with Crippen LogP contribution >= 0.6 is 0 Å². The number of anilines is 1.